The van der Waals surface area contributed by atoms with Crippen LogP contribution in [0.5, 0.6) is 0 Å². The number of benzene rings is 2. The molecular formula is C19H21N5O3S2. The lowest BCUT2D eigenvalue weighted by Gasteiger charge is -2.11. The van der Waals surface area contributed by atoms with Gasteiger partial charge in [-0.25, -0.2) is 8.42 Å². The van der Waals surface area contributed by atoms with Gasteiger partial charge in [0.2, 0.25) is 15.9 Å². The Kier molecular flexibility index (Phi) is 6.23. The molecule has 0 aliphatic rings. The van der Waals surface area contributed by atoms with Gasteiger partial charge in [-0.2, -0.15) is 0 Å². The van der Waals surface area contributed by atoms with E-state index in [1.807, 2.05) is 28.8 Å². The van der Waals surface area contributed by atoms with Crippen molar-refractivity contribution in [2.24, 2.45) is 5.73 Å². The number of hydrogen-bond donors (Lipinski definition) is 2. The van der Waals surface area contributed by atoms with Crippen LogP contribution in [-0.2, 0) is 21.2 Å². The summed E-state index contributed by atoms with van der Waals surface area (Å²) in [5.41, 5.74) is 8.54. The van der Waals surface area contributed by atoms with E-state index in [0.717, 1.165) is 23.9 Å². The molecule has 3 rings (SSSR count). The van der Waals surface area contributed by atoms with Crippen molar-refractivity contribution in [3.63, 3.8) is 0 Å². The molecule has 0 unspecified atom stereocenters. The van der Waals surface area contributed by atoms with Gasteiger partial charge in [0.1, 0.15) is 0 Å². The van der Waals surface area contributed by atoms with E-state index in [4.69, 9.17) is 5.73 Å². The van der Waals surface area contributed by atoms with Crippen molar-refractivity contribution in [1.82, 2.24) is 14.8 Å². The standard InChI is InChI=1S/C19H21N5O3S2/c1-3-13-4-10-16(11-5-13)24-18(21-22-19(24)28-12-17(20)25)14-6-8-15(9-7-14)23-29(2,26)27/h4-11,23H,3,12H2,1-2H3,(H2,20,25). The van der Waals surface area contributed by atoms with E-state index in [1.54, 1.807) is 24.3 Å². The number of nitrogens with two attached hydrogens (primary N) is 1. The van der Waals surface area contributed by atoms with Crippen LogP contribution in [-0.4, -0.2) is 41.1 Å². The van der Waals surface area contributed by atoms with Crippen LogP contribution in [0.25, 0.3) is 17.1 Å². The highest BCUT2D eigenvalue weighted by Crippen LogP contribution is 2.29. The fourth-order valence-corrected chi connectivity index (χ4v) is 3.96. The molecule has 0 spiro atoms. The van der Waals surface area contributed by atoms with E-state index < -0.39 is 15.9 Å². The summed E-state index contributed by atoms with van der Waals surface area (Å²) in [7, 11) is -3.35. The number of carbonyl (C=O) groups excluding carboxylic acids is 1. The van der Waals surface area contributed by atoms with E-state index in [-0.39, 0.29) is 5.75 Å². The first-order valence-corrected chi connectivity index (χ1v) is 11.7. The molecule has 2 aromatic carbocycles. The van der Waals surface area contributed by atoms with Crippen molar-refractivity contribution in [2.75, 3.05) is 16.7 Å². The summed E-state index contributed by atoms with van der Waals surface area (Å²) < 4.78 is 27.1. The van der Waals surface area contributed by atoms with Crippen LogP contribution in [0, 0.1) is 0 Å². The highest BCUT2D eigenvalue weighted by molar-refractivity contribution is 7.99. The number of nitrogens with one attached hydrogen (secondary N) is 1. The largest absolute Gasteiger partial charge is 0.369 e. The zero-order chi connectivity index (χ0) is 21.0. The number of aryl methyl sites for hydroxylation is 1. The normalized spacial score (nSPS) is 11.4. The van der Waals surface area contributed by atoms with Crippen molar-refractivity contribution in [1.29, 1.82) is 0 Å². The maximum absolute atomic E-state index is 11.4. The van der Waals surface area contributed by atoms with Gasteiger partial charge < -0.3 is 5.73 Å². The fourth-order valence-electron chi connectivity index (χ4n) is 2.70. The number of hydrogen-bond acceptors (Lipinski definition) is 6. The van der Waals surface area contributed by atoms with Crippen LogP contribution in [0.2, 0.25) is 0 Å². The van der Waals surface area contributed by atoms with E-state index in [2.05, 4.69) is 21.8 Å². The zero-order valence-corrected chi connectivity index (χ0v) is 17.6. The molecule has 1 heterocycles. The molecule has 0 fully saturated rings. The van der Waals surface area contributed by atoms with Crippen molar-refractivity contribution in [3.8, 4) is 17.1 Å². The van der Waals surface area contributed by atoms with Crippen LogP contribution < -0.4 is 10.5 Å². The van der Waals surface area contributed by atoms with Gasteiger partial charge in [-0.1, -0.05) is 30.8 Å². The van der Waals surface area contributed by atoms with Crippen LogP contribution >= 0.6 is 11.8 Å². The molecule has 3 aromatic rings. The Balaban J connectivity index is 2.02. The Morgan fingerprint density at radius 1 is 1.10 bits per heavy atom. The number of anilines is 1. The maximum Gasteiger partial charge on any atom is 0.229 e. The van der Waals surface area contributed by atoms with Crippen molar-refractivity contribution in [2.45, 2.75) is 18.5 Å². The molecule has 0 aliphatic carbocycles. The van der Waals surface area contributed by atoms with E-state index >= 15 is 0 Å². The molecule has 0 saturated heterocycles. The minimum Gasteiger partial charge on any atom is -0.369 e. The predicted octanol–water partition coefficient (Wildman–Crippen LogP) is 2.45. The number of aromatic nitrogens is 3. The SMILES string of the molecule is CCc1ccc(-n2c(SCC(N)=O)nnc2-c2ccc(NS(C)(=O)=O)cc2)cc1. The topological polar surface area (TPSA) is 120 Å². The molecule has 29 heavy (non-hydrogen) atoms. The van der Waals surface area contributed by atoms with Crippen LogP contribution in [0.4, 0.5) is 5.69 Å². The van der Waals surface area contributed by atoms with E-state index in [9.17, 15) is 13.2 Å². The molecule has 0 atom stereocenters. The monoisotopic (exact) mass is 431 g/mol. The molecule has 1 aromatic heterocycles. The summed E-state index contributed by atoms with van der Waals surface area (Å²) in [5, 5.41) is 9.05. The Morgan fingerprint density at radius 2 is 1.76 bits per heavy atom. The molecular weight excluding hydrogens is 410 g/mol. The quantitative estimate of drug-likeness (QED) is 0.529. The Hall–Kier alpha value is -2.85. The molecule has 0 saturated carbocycles. The molecule has 10 heteroatoms. The molecule has 3 N–H and O–H groups in total. The Morgan fingerprint density at radius 3 is 2.31 bits per heavy atom. The lowest BCUT2D eigenvalue weighted by molar-refractivity contribution is -0.115. The molecule has 0 radical (unpaired) electrons. The molecule has 0 bridgehead atoms. The number of nitrogens with zero attached hydrogens (tertiary/aromatic N) is 3. The first kappa shape index (κ1) is 20.9. The number of amides is 1. The van der Waals surface area contributed by atoms with Gasteiger partial charge in [0, 0.05) is 16.9 Å². The third kappa shape index (κ3) is 5.36. The highest BCUT2D eigenvalue weighted by Gasteiger charge is 2.17. The summed E-state index contributed by atoms with van der Waals surface area (Å²) in [6.45, 7) is 2.08. The van der Waals surface area contributed by atoms with Crippen molar-refractivity contribution in [3.05, 3.63) is 54.1 Å². The smallest absolute Gasteiger partial charge is 0.229 e. The van der Waals surface area contributed by atoms with Gasteiger partial charge >= 0.3 is 0 Å². The van der Waals surface area contributed by atoms with E-state index in [0.29, 0.717) is 16.7 Å². The third-order valence-corrected chi connectivity index (χ3v) is 5.58. The number of sulfonamides is 1. The lowest BCUT2D eigenvalue weighted by Crippen LogP contribution is -2.13. The summed E-state index contributed by atoms with van der Waals surface area (Å²) in [6, 6.07) is 14.8. The zero-order valence-electron chi connectivity index (χ0n) is 16.0. The van der Waals surface area contributed by atoms with Crippen LogP contribution in [0.1, 0.15) is 12.5 Å². The van der Waals surface area contributed by atoms with Gasteiger partial charge in [0.05, 0.1) is 12.0 Å². The van der Waals surface area contributed by atoms with Crippen LogP contribution in [0.3, 0.4) is 0 Å². The van der Waals surface area contributed by atoms with E-state index in [1.165, 1.54) is 17.3 Å². The van der Waals surface area contributed by atoms with Gasteiger partial charge in [0.25, 0.3) is 0 Å². The Labute approximate surface area is 173 Å². The highest BCUT2D eigenvalue weighted by atomic mass is 32.2. The number of rotatable bonds is 8. The second-order valence-electron chi connectivity index (χ2n) is 6.37. The summed E-state index contributed by atoms with van der Waals surface area (Å²) in [5.74, 6) is 0.221. The fraction of sp³-hybridized carbons (Fsp3) is 0.211. The van der Waals surface area contributed by atoms with Crippen LogP contribution in [0.15, 0.2) is 53.7 Å². The Bertz CT molecular complexity index is 1110. The average molecular weight is 432 g/mol. The lowest BCUT2D eigenvalue weighted by atomic mass is 10.1. The van der Waals surface area contributed by atoms with Gasteiger partial charge in [-0.15, -0.1) is 10.2 Å². The average Bonchev–Trinajstić information content (AvgIpc) is 3.09. The van der Waals surface area contributed by atoms with Crippen molar-refractivity contribution < 1.29 is 13.2 Å². The summed E-state index contributed by atoms with van der Waals surface area (Å²) in [6.07, 6.45) is 2.02. The second-order valence-corrected chi connectivity index (χ2v) is 9.06. The van der Waals surface area contributed by atoms with Gasteiger partial charge in [0.15, 0.2) is 11.0 Å². The number of primary amides is 1. The first-order valence-electron chi connectivity index (χ1n) is 8.81. The second kappa shape index (κ2) is 8.66. The maximum atomic E-state index is 11.4. The van der Waals surface area contributed by atoms with Gasteiger partial charge in [-0.05, 0) is 48.4 Å². The summed E-state index contributed by atoms with van der Waals surface area (Å²) in [4.78, 5) is 11.2. The molecule has 1 amide bonds. The molecule has 0 aliphatic heterocycles. The summed E-state index contributed by atoms with van der Waals surface area (Å²) >= 11 is 1.21. The number of carbonyl (C=O) groups is 1. The predicted molar refractivity (Wildman–Crippen MR) is 115 cm³/mol. The van der Waals surface area contributed by atoms with Crippen molar-refractivity contribution >= 4 is 33.4 Å². The number of thioether (sulfide) groups is 1. The minimum absolute atomic E-state index is 0.0857. The third-order valence-electron chi connectivity index (χ3n) is 4.03. The molecule has 8 nitrogen and oxygen atoms in total. The molecule has 152 valence electrons. The minimum atomic E-state index is -3.35. The first-order chi connectivity index (χ1) is 13.8. The van der Waals surface area contributed by atoms with Gasteiger partial charge in [-0.3, -0.25) is 14.1 Å².